The predicted octanol–water partition coefficient (Wildman–Crippen LogP) is 1.59. The summed E-state index contributed by atoms with van der Waals surface area (Å²) in [4.78, 5) is 15.7. The first-order valence-electron chi connectivity index (χ1n) is 4.55. The van der Waals surface area contributed by atoms with E-state index in [2.05, 4.69) is 20.9 Å². The first-order chi connectivity index (χ1) is 7.41. The molecule has 2 amide bonds. The Kier molecular flexibility index (Phi) is 3.89. The summed E-state index contributed by atoms with van der Waals surface area (Å²) in [5.41, 5.74) is 12.4. The number of benzene rings is 1. The Morgan fingerprint density at radius 1 is 1.44 bits per heavy atom. The van der Waals surface area contributed by atoms with Gasteiger partial charge in [-0.05, 0) is 30.7 Å². The number of hydrogen-bond acceptors (Lipinski definition) is 1. The van der Waals surface area contributed by atoms with Crippen LogP contribution in [-0.4, -0.2) is 19.0 Å². The average Bonchev–Trinajstić information content (AvgIpc) is 2.15. The number of nitrogens with zero attached hydrogens (tertiary/aromatic N) is 2. The van der Waals surface area contributed by atoms with Crippen molar-refractivity contribution >= 4 is 33.6 Å². The summed E-state index contributed by atoms with van der Waals surface area (Å²) in [6.07, 6.45) is 0. The van der Waals surface area contributed by atoms with Gasteiger partial charge in [-0.2, -0.15) is 4.99 Å². The van der Waals surface area contributed by atoms with Crippen molar-refractivity contribution in [3.05, 3.63) is 28.2 Å². The normalized spacial score (nSPS) is 11.3. The van der Waals surface area contributed by atoms with Crippen LogP contribution in [0.4, 0.5) is 10.5 Å². The van der Waals surface area contributed by atoms with Crippen molar-refractivity contribution in [1.29, 1.82) is 0 Å². The van der Waals surface area contributed by atoms with Gasteiger partial charge >= 0.3 is 6.03 Å². The van der Waals surface area contributed by atoms with Gasteiger partial charge in [0.15, 0.2) is 0 Å². The van der Waals surface area contributed by atoms with E-state index in [1.54, 1.807) is 11.9 Å². The molecule has 0 unspecified atom stereocenters. The number of urea groups is 1. The summed E-state index contributed by atoms with van der Waals surface area (Å²) in [5.74, 6) is 0.0675. The van der Waals surface area contributed by atoms with E-state index in [-0.39, 0.29) is 5.96 Å². The standard InChI is InChI=1S/C10H13BrN4O/c1-6-5-7(11)3-4-8(6)15(2)9(12)14-10(13)16/h3-5H,1-2H3,(H4,12,13,14,16). The second kappa shape index (κ2) is 4.98. The quantitative estimate of drug-likeness (QED) is 0.607. The van der Waals surface area contributed by atoms with Crippen LogP contribution in [-0.2, 0) is 0 Å². The molecule has 86 valence electrons. The first kappa shape index (κ1) is 12.5. The highest BCUT2D eigenvalue weighted by atomic mass is 79.9. The maximum absolute atomic E-state index is 10.6. The third-order valence-electron chi connectivity index (χ3n) is 2.09. The fourth-order valence-electron chi connectivity index (χ4n) is 1.31. The zero-order valence-corrected chi connectivity index (χ0v) is 10.7. The molecular weight excluding hydrogens is 272 g/mol. The van der Waals surface area contributed by atoms with Crippen molar-refractivity contribution < 1.29 is 4.79 Å². The van der Waals surface area contributed by atoms with Gasteiger partial charge in [0, 0.05) is 17.2 Å². The number of rotatable bonds is 1. The number of anilines is 1. The maximum atomic E-state index is 10.6. The Balaban J connectivity index is 3.05. The molecule has 0 radical (unpaired) electrons. The van der Waals surface area contributed by atoms with E-state index in [0.29, 0.717) is 0 Å². The van der Waals surface area contributed by atoms with Crippen LogP contribution in [0.2, 0.25) is 0 Å². The van der Waals surface area contributed by atoms with Gasteiger partial charge in [-0.15, -0.1) is 0 Å². The van der Waals surface area contributed by atoms with E-state index < -0.39 is 6.03 Å². The summed E-state index contributed by atoms with van der Waals surface area (Å²) in [7, 11) is 1.72. The van der Waals surface area contributed by atoms with Crippen LogP contribution in [0, 0.1) is 6.92 Å². The Morgan fingerprint density at radius 2 is 2.06 bits per heavy atom. The summed E-state index contributed by atoms with van der Waals surface area (Å²) in [6.45, 7) is 1.94. The van der Waals surface area contributed by atoms with Gasteiger partial charge in [0.2, 0.25) is 5.96 Å². The lowest BCUT2D eigenvalue weighted by atomic mass is 10.2. The molecule has 0 atom stereocenters. The van der Waals surface area contributed by atoms with Crippen molar-refractivity contribution in [2.24, 2.45) is 16.5 Å². The molecule has 0 bridgehead atoms. The summed E-state index contributed by atoms with van der Waals surface area (Å²) < 4.78 is 0.979. The van der Waals surface area contributed by atoms with Crippen LogP contribution >= 0.6 is 15.9 Å². The van der Waals surface area contributed by atoms with Gasteiger partial charge in [0.1, 0.15) is 0 Å². The number of carbonyl (C=O) groups excluding carboxylic acids is 1. The topological polar surface area (TPSA) is 84.7 Å². The molecule has 0 aliphatic rings. The third kappa shape index (κ3) is 2.96. The number of primary amides is 1. The molecule has 1 rings (SSSR count). The molecule has 0 aromatic heterocycles. The minimum atomic E-state index is -0.806. The van der Waals surface area contributed by atoms with Gasteiger partial charge in [0.25, 0.3) is 0 Å². The van der Waals surface area contributed by atoms with Crippen LogP contribution < -0.4 is 16.4 Å². The second-order valence-electron chi connectivity index (χ2n) is 3.30. The smallest absolute Gasteiger partial charge is 0.341 e. The van der Waals surface area contributed by atoms with Crippen molar-refractivity contribution in [2.75, 3.05) is 11.9 Å². The monoisotopic (exact) mass is 284 g/mol. The number of carbonyl (C=O) groups is 1. The maximum Gasteiger partial charge on any atom is 0.341 e. The summed E-state index contributed by atoms with van der Waals surface area (Å²) in [5, 5.41) is 0. The summed E-state index contributed by atoms with van der Waals surface area (Å²) in [6, 6.07) is 4.90. The van der Waals surface area contributed by atoms with Crippen LogP contribution in [0.25, 0.3) is 0 Å². The largest absolute Gasteiger partial charge is 0.369 e. The Hall–Kier alpha value is -1.56. The summed E-state index contributed by atoms with van der Waals surface area (Å²) >= 11 is 3.37. The highest BCUT2D eigenvalue weighted by molar-refractivity contribution is 9.10. The van der Waals surface area contributed by atoms with Gasteiger partial charge in [-0.1, -0.05) is 15.9 Å². The zero-order chi connectivity index (χ0) is 12.3. The molecule has 1 aromatic rings. The number of amides is 2. The van der Waals surface area contributed by atoms with E-state index in [1.807, 2.05) is 25.1 Å². The fraction of sp³-hybridized carbons (Fsp3) is 0.200. The Morgan fingerprint density at radius 3 is 2.56 bits per heavy atom. The molecule has 4 N–H and O–H groups in total. The molecule has 1 aromatic carbocycles. The molecule has 5 nitrogen and oxygen atoms in total. The minimum Gasteiger partial charge on any atom is -0.369 e. The number of hydrogen-bond donors (Lipinski definition) is 2. The van der Waals surface area contributed by atoms with Gasteiger partial charge in [-0.25, -0.2) is 4.79 Å². The highest BCUT2D eigenvalue weighted by Crippen LogP contribution is 2.22. The van der Waals surface area contributed by atoms with Crippen LogP contribution in [0.3, 0.4) is 0 Å². The molecular formula is C10H13BrN4O. The number of aryl methyl sites for hydroxylation is 1. The van der Waals surface area contributed by atoms with E-state index >= 15 is 0 Å². The van der Waals surface area contributed by atoms with Crippen molar-refractivity contribution in [3.8, 4) is 0 Å². The number of aliphatic imine (C=N–C) groups is 1. The molecule has 0 spiro atoms. The van der Waals surface area contributed by atoms with E-state index in [9.17, 15) is 4.79 Å². The first-order valence-corrected chi connectivity index (χ1v) is 5.34. The Bertz CT molecular complexity index is 444. The minimum absolute atomic E-state index is 0.0675. The molecule has 6 heteroatoms. The van der Waals surface area contributed by atoms with Crippen molar-refractivity contribution in [2.45, 2.75) is 6.92 Å². The lowest BCUT2D eigenvalue weighted by Crippen LogP contribution is -2.35. The lowest BCUT2D eigenvalue weighted by molar-refractivity contribution is 0.256. The van der Waals surface area contributed by atoms with Gasteiger partial charge < -0.3 is 16.4 Å². The molecule has 0 fully saturated rings. The van der Waals surface area contributed by atoms with Gasteiger partial charge in [-0.3, -0.25) is 0 Å². The second-order valence-corrected chi connectivity index (χ2v) is 4.21. The highest BCUT2D eigenvalue weighted by Gasteiger charge is 2.09. The molecule has 0 saturated heterocycles. The SMILES string of the molecule is Cc1cc(Br)ccc1N(C)/C(N)=N\C(N)=O. The molecule has 16 heavy (non-hydrogen) atoms. The van der Waals surface area contributed by atoms with Gasteiger partial charge in [0.05, 0.1) is 0 Å². The molecule has 0 saturated carbocycles. The number of guanidine groups is 1. The van der Waals surface area contributed by atoms with Crippen LogP contribution in [0.5, 0.6) is 0 Å². The fourth-order valence-corrected chi connectivity index (χ4v) is 1.78. The van der Waals surface area contributed by atoms with Crippen LogP contribution in [0.1, 0.15) is 5.56 Å². The number of nitrogens with two attached hydrogens (primary N) is 2. The molecule has 0 aliphatic carbocycles. The molecule has 0 aliphatic heterocycles. The van der Waals surface area contributed by atoms with Crippen molar-refractivity contribution in [3.63, 3.8) is 0 Å². The predicted molar refractivity (Wildman–Crippen MR) is 68.5 cm³/mol. The van der Waals surface area contributed by atoms with Crippen LogP contribution in [0.15, 0.2) is 27.7 Å². The number of halogens is 1. The lowest BCUT2D eigenvalue weighted by Gasteiger charge is -2.19. The van der Waals surface area contributed by atoms with E-state index in [4.69, 9.17) is 11.5 Å². The Labute approximate surface area is 102 Å². The van der Waals surface area contributed by atoms with E-state index in [1.165, 1.54) is 0 Å². The average molecular weight is 285 g/mol. The molecule has 0 heterocycles. The van der Waals surface area contributed by atoms with E-state index in [0.717, 1.165) is 15.7 Å². The zero-order valence-electron chi connectivity index (χ0n) is 9.07. The third-order valence-corrected chi connectivity index (χ3v) is 2.58. The van der Waals surface area contributed by atoms with Crippen molar-refractivity contribution in [1.82, 2.24) is 0 Å².